The van der Waals surface area contributed by atoms with Crippen molar-refractivity contribution >= 4 is 21.8 Å². The van der Waals surface area contributed by atoms with E-state index in [4.69, 9.17) is 0 Å². The van der Waals surface area contributed by atoms with Crippen molar-refractivity contribution in [3.63, 3.8) is 0 Å². The molecular formula is C15H20BrNO. The summed E-state index contributed by atoms with van der Waals surface area (Å²) in [5.41, 5.74) is 0.725. The van der Waals surface area contributed by atoms with Gasteiger partial charge in [-0.2, -0.15) is 0 Å². The van der Waals surface area contributed by atoms with Crippen molar-refractivity contribution in [1.29, 1.82) is 0 Å². The second kappa shape index (κ2) is 5.87. The Balaban J connectivity index is 2.05. The third-order valence-electron chi connectivity index (χ3n) is 4.14. The Morgan fingerprint density at radius 2 is 2.00 bits per heavy atom. The number of rotatable bonds is 2. The van der Waals surface area contributed by atoms with E-state index in [1.807, 2.05) is 24.3 Å². The molecule has 0 radical (unpaired) electrons. The summed E-state index contributed by atoms with van der Waals surface area (Å²) < 4.78 is 0.860. The van der Waals surface area contributed by atoms with Gasteiger partial charge in [-0.15, -0.1) is 0 Å². The molecule has 2 rings (SSSR count). The third kappa shape index (κ3) is 2.94. The summed E-state index contributed by atoms with van der Waals surface area (Å²) in [5.74, 6) is 1.29. The predicted octanol–water partition coefficient (Wildman–Crippen LogP) is 4.00. The highest BCUT2D eigenvalue weighted by Gasteiger charge is 2.28. The first-order valence-corrected chi connectivity index (χ1v) is 7.44. The van der Waals surface area contributed by atoms with E-state index in [-0.39, 0.29) is 5.91 Å². The lowest BCUT2D eigenvalue weighted by molar-refractivity contribution is 0.0890. The van der Waals surface area contributed by atoms with Crippen LogP contribution in [0, 0.1) is 11.8 Å². The van der Waals surface area contributed by atoms with Gasteiger partial charge >= 0.3 is 0 Å². The number of hydrogen-bond donors (Lipinski definition) is 1. The zero-order valence-electron chi connectivity index (χ0n) is 10.9. The summed E-state index contributed by atoms with van der Waals surface area (Å²) in [6, 6.07) is 7.89. The van der Waals surface area contributed by atoms with E-state index in [9.17, 15) is 4.79 Å². The maximum absolute atomic E-state index is 12.2. The van der Waals surface area contributed by atoms with Gasteiger partial charge in [0, 0.05) is 10.5 Å². The maximum Gasteiger partial charge on any atom is 0.252 e. The SMILES string of the molecule is C[C@@H]1[C@@H](C)CCC[C@H]1NC(=O)c1ccccc1Br. The molecule has 0 saturated heterocycles. The molecule has 0 heterocycles. The Hall–Kier alpha value is -0.830. The molecule has 3 heteroatoms. The number of hydrogen-bond acceptors (Lipinski definition) is 1. The van der Waals surface area contributed by atoms with Gasteiger partial charge in [-0.1, -0.05) is 38.8 Å². The first-order chi connectivity index (χ1) is 8.59. The molecule has 1 aliphatic rings. The number of nitrogens with one attached hydrogen (secondary N) is 1. The van der Waals surface area contributed by atoms with Gasteiger partial charge in [0.2, 0.25) is 0 Å². The zero-order chi connectivity index (χ0) is 13.1. The van der Waals surface area contributed by atoms with Gasteiger partial charge in [0.15, 0.2) is 0 Å². The smallest absolute Gasteiger partial charge is 0.252 e. The highest BCUT2D eigenvalue weighted by atomic mass is 79.9. The van der Waals surface area contributed by atoms with Gasteiger partial charge in [0.05, 0.1) is 5.56 Å². The minimum Gasteiger partial charge on any atom is -0.349 e. The molecule has 0 bridgehead atoms. The number of halogens is 1. The van der Waals surface area contributed by atoms with E-state index in [2.05, 4.69) is 35.1 Å². The predicted molar refractivity (Wildman–Crippen MR) is 77.6 cm³/mol. The van der Waals surface area contributed by atoms with E-state index in [0.29, 0.717) is 17.9 Å². The Morgan fingerprint density at radius 3 is 2.72 bits per heavy atom. The van der Waals surface area contributed by atoms with Gasteiger partial charge in [0.25, 0.3) is 5.91 Å². The average Bonchev–Trinajstić information content (AvgIpc) is 2.35. The second-order valence-corrected chi connectivity index (χ2v) is 6.18. The van der Waals surface area contributed by atoms with Gasteiger partial charge in [0.1, 0.15) is 0 Å². The third-order valence-corrected chi connectivity index (χ3v) is 4.83. The normalized spacial score (nSPS) is 27.8. The molecule has 98 valence electrons. The standard InChI is InChI=1S/C15H20BrNO/c1-10-6-5-9-14(11(10)2)17-15(18)12-7-3-4-8-13(12)16/h3-4,7-8,10-11,14H,5-6,9H2,1-2H3,(H,17,18)/t10-,11+,14+/m0/s1. The first-order valence-electron chi connectivity index (χ1n) is 6.65. The number of amides is 1. The molecule has 0 aromatic heterocycles. The lowest BCUT2D eigenvalue weighted by atomic mass is 9.78. The van der Waals surface area contributed by atoms with Crippen molar-refractivity contribution in [2.75, 3.05) is 0 Å². The van der Waals surface area contributed by atoms with Crippen LogP contribution >= 0.6 is 15.9 Å². The molecule has 0 spiro atoms. The Kier molecular flexibility index (Phi) is 4.44. The summed E-state index contributed by atoms with van der Waals surface area (Å²) >= 11 is 3.43. The minimum atomic E-state index is 0.0356. The molecule has 1 amide bonds. The lowest BCUT2D eigenvalue weighted by Crippen LogP contribution is -2.43. The molecular weight excluding hydrogens is 290 g/mol. The van der Waals surface area contributed by atoms with E-state index >= 15 is 0 Å². The Morgan fingerprint density at radius 1 is 1.28 bits per heavy atom. The van der Waals surface area contributed by atoms with Crippen LogP contribution in [0.25, 0.3) is 0 Å². The quantitative estimate of drug-likeness (QED) is 0.879. The van der Waals surface area contributed by atoms with Crippen LogP contribution in [0.5, 0.6) is 0 Å². The van der Waals surface area contributed by atoms with E-state index in [1.165, 1.54) is 12.8 Å². The van der Waals surface area contributed by atoms with Crippen LogP contribution in [-0.4, -0.2) is 11.9 Å². The van der Waals surface area contributed by atoms with Gasteiger partial charge in [-0.3, -0.25) is 4.79 Å². The largest absolute Gasteiger partial charge is 0.349 e. The fourth-order valence-corrected chi connectivity index (χ4v) is 3.14. The summed E-state index contributed by atoms with van der Waals surface area (Å²) in [5, 5.41) is 3.19. The van der Waals surface area contributed by atoms with Crippen LogP contribution in [0.1, 0.15) is 43.5 Å². The monoisotopic (exact) mass is 309 g/mol. The molecule has 1 saturated carbocycles. The van der Waals surface area contributed by atoms with Gasteiger partial charge in [-0.05, 0) is 46.3 Å². The fraction of sp³-hybridized carbons (Fsp3) is 0.533. The molecule has 18 heavy (non-hydrogen) atoms. The molecule has 1 N–H and O–H groups in total. The Labute approximate surface area is 117 Å². The van der Waals surface area contributed by atoms with Crippen LogP contribution in [0.3, 0.4) is 0 Å². The van der Waals surface area contributed by atoms with Crippen molar-refractivity contribution in [1.82, 2.24) is 5.32 Å². The Bertz CT molecular complexity index is 432. The maximum atomic E-state index is 12.2. The summed E-state index contributed by atoms with van der Waals surface area (Å²) in [6.07, 6.45) is 3.59. The van der Waals surface area contributed by atoms with Crippen molar-refractivity contribution in [2.45, 2.75) is 39.2 Å². The van der Waals surface area contributed by atoms with Crippen LogP contribution < -0.4 is 5.32 Å². The van der Waals surface area contributed by atoms with Crippen molar-refractivity contribution in [3.8, 4) is 0 Å². The van der Waals surface area contributed by atoms with Crippen LogP contribution in [0.15, 0.2) is 28.7 Å². The highest BCUT2D eigenvalue weighted by Crippen LogP contribution is 2.29. The van der Waals surface area contributed by atoms with Crippen molar-refractivity contribution in [2.24, 2.45) is 11.8 Å². The summed E-state index contributed by atoms with van der Waals surface area (Å²) in [4.78, 5) is 12.2. The van der Waals surface area contributed by atoms with Crippen LogP contribution in [0.4, 0.5) is 0 Å². The topological polar surface area (TPSA) is 29.1 Å². The molecule has 3 atom stereocenters. The van der Waals surface area contributed by atoms with E-state index in [0.717, 1.165) is 16.5 Å². The molecule has 2 nitrogen and oxygen atoms in total. The first kappa shape index (κ1) is 13.6. The summed E-state index contributed by atoms with van der Waals surface area (Å²) in [6.45, 7) is 4.52. The summed E-state index contributed by atoms with van der Waals surface area (Å²) in [7, 11) is 0. The fourth-order valence-electron chi connectivity index (χ4n) is 2.68. The van der Waals surface area contributed by atoms with Crippen molar-refractivity contribution in [3.05, 3.63) is 34.3 Å². The minimum absolute atomic E-state index is 0.0356. The number of carbonyl (C=O) groups excluding carboxylic acids is 1. The molecule has 1 fully saturated rings. The number of benzene rings is 1. The average molecular weight is 310 g/mol. The van der Waals surface area contributed by atoms with Crippen LogP contribution in [-0.2, 0) is 0 Å². The van der Waals surface area contributed by atoms with Crippen LogP contribution in [0.2, 0.25) is 0 Å². The molecule has 1 aliphatic carbocycles. The highest BCUT2D eigenvalue weighted by molar-refractivity contribution is 9.10. The van der Waals surface area contributed by atoms with E-state index in [1.54, 1.807) is 0 Å². The molecule has 0 unspecified atom stereocenters. The molecule has 1 aromatic rings. The second-order valence-electron chi connectivity index (χ2n) is 5.33. The molecule has 0 aliphatic heterocycles. The van der Waals surface area contributed by atoms with Gasteiger partial charge < -0.3 is 5.32 Å². The zero-order valence-corrected chi connectivity index (χ0v) is 12.5. The number of carbonyl (C=O) groups is 1. The lowest BCUT2D eigenvalue weighted by Gasteiger charge is -2.34. The van der Waals surface area contributed by atoms with Crippen molar-refractivity contribution < 1.29 is 4.79 Å². The van der Waals surface area contributed by atoms with Gasteiger partial charge in [-0.25, -0.2) is 0 Å². The molecule has 1 aromatic carbocycles. The van der Waals surface area contributed by atoms with E-state index < -0.39 is 0 Å².